The maximum absolute atomic E-state index is 14.7. The van der Waals surface area contributed by atoms with Crippen molar-refractivity contribution in [2.45, 2.75) is 19.3 Å². The van der Waals surface area contributed by atoms with Crippen LogP contribution in [0.25, 0.3) is 11.1 Å². The van der Waals surface area contributed by atoms with Crippen molar-refractivity contribution in [1.29, 1.82) is 0 Å². The zero-order chi connectivity index (χ0) is 25.5. The molecule has 0 aliphatic carbocycles. The van der Waals surface area contributed by atoms with Crippen LogP contribution >= 0.6 is 0 Å². The van der Waals surface area contributed by atoms with Crippen LogP contribution in [0.1, 0.15) is 24.3 Å². The SMILES string of the molecule is CC1COC(c2ccc(-c3ccc(C(F)(F)Oc4cc(F)c(F)c(F)c4)c(F)c3F)c(F)c2)OC1. The fourth-order valence-corrected chi connectivity index (χ4v) is 3.46. The predicted molar refractivity (Wildman–Crippen MR) is 106 cm³/mol. The lowest BCUT2D eigenvalue weighted by Gasteiger charge is -2.27. The van der Waals surface area contributed by atoms with Crippen LogP contribution in [0.15, 0.2) is 42.5 Å². The molecule has 0 radical (unpaired) electrons. The fraction of sp³-hybridized carbons (Fsp3) is 0.250. The van der Waals surface area contributed by atoms with Gasteiger partial charge in [0, 0.05) is 34.7 Å². The molecule has 11 heteroatoms. The van der Waals surface area contributed by atoms with Gasteiger partial charge in [-0.3, -0.25) is 0 Å². The molecule has 3 aromatic rings. The van der Waals surface area contributed by atoms with E-state index in [1.807, 2.05) is 6.92 Å². The van der Waals surface area contributed by atoms with Crippen molar-refractivity contribution in [2.75, 3.05) is 13.2 Å². The van der Waals surface area contributed by atoms with E-state index in [0.717, 1.165) is 12.1 Å². The first-order valence-electron chi connectivity index (χ1n) is 10.2. The van der Waals surface area contributed by atoms with Crippen LogP contribution in [0.4, 0.5) is 35.1 Å². The van der Waals surface area contributed by atoms with E-state index in [9.17, 15) is 35.1 Å². The number of ether oxygens (including phenoxy) is 3. The molecular weight excluding hydrogens is 488 g/mol. The van der Waals surface area contributed by atoms with Crippen molar-refractivity contribution in [3.63, 3.8) is 0 Å². The molecule has 0 unspecified atom stereocenters. The molecule has 0 spiro atoms. The molecule has 0 N–H and O–H groups in total. The van der Waals surface area contributed by atoms with Crippen LogP contribution in [0.5, 0.6) is 5.75 Å². The minimum absolute atomic E-state index is 0.117. The lowest BCUT2D eigenvalue weighted by atomic mass is 9.99. The minimum atomic E-state index is -4.62. The Balaban J connectivity index is 1.62. The van der Waals surface area contributed by atoms with Gasteiger partial charge in [0.25, 0.3) is 0 Å². The molecule has 0 atom stereocenters. The fourth-order valence-electron chi connectivity index (χ4n) is 3.46. The molecule has 186 valence electrons. The highest BCUT2D eigenvalue weighted by atomic mass is 19.3. The zero-order valence-corrected chi connectivity index (χ0v) is 17.9. The van der Waals surface area contributed by atoms with Gasteiger partial charge in [0.1, 0.15) is 17.1 Å². The van der Waals surface area contributed by atoms with Gasteiger partial charge in [-0.2, -0.15) is 8.78 Å². The van der Waals surface area contributed by atoms with Crippen LogP contribution in [0.2, 0.25) is 0 Å². The summed E-state index contributed by atoms with van der Waals surface area (Å²) in [5.41, 5.74) is -2.43. The first kappa shape index (κ1) is 24.9. The Morgan fingerprint density at radius 1 is 0.743 bits per heavy atom. The highest BCUT2D eigenvalue weighted by Gasteiger charge is 2.40. The van der Waals surface area contributed by atoms with E-state index in [2.05, 4.69) is 4.74 Å². The predicted octanol–water partition coefficient (Wildman–Crippen LogP) is 7.00. The van der Waals surface area contributed by atoms with Crippen LogP contribution in [-0.2, 0) is 15.6 Å². The van der Waals surface area contributed by atoms with Gasteiger partial charge in [0.15, 0.2) is 35.4 Å². The number of hydrogen-bond acceptors (Lipinski definition) is 3. The smallest absolute Gasteiger partial charge is 0.429 e. The number of alkyl halides is 2. The molecule has 0 saturated carbocycles. The van der Waals surface area contributed by atoms with E-state index >= 15 is 0 Å². The summed E-state index contributed by atoms with van der Waals surface area (Å²) in [6.07, 6.45) is -5.47. The molecule has 1 fully saturated rings. The molecule has 3 nitrogen and oxygen atoms in total. The van der Waals surface area contributed by atoms with E-state index in [4.69, 9.17) is 9.47 Å². The van der Waals surface area contributed by atoms with Crippen molar-refractivity contribution in [1.82, 2.24) is 0 Å². The maximum atomic E-state index is 14.7. The average Bonchev–Trinajstić information content (AvgIpc) is 2.79. The van der Waals surface area contributed by atoms with Crippen LogP contribution in [-0.4, -0.2) is 13.2 Å². The largest absolute Gasteiger partial charge is 0.429 e. The Labute approximate surface area is 193 Å². The molecule has 1 aliphatic rings. The molecule has 0 amide bonds. The average molecular weight is 504 g/mol. The van der Waals surface area contributed by atoms with E-state index in [-0.39, 0.29) is 23.6 Å². The first-order chi connectivity index (χ1) is 16.5. The lowest BCUT2D eigenvalue weighted by molar-refractivity contribution is -0.202. The number of hydrogen-bond donors (Lipinski definition) is 0. The van der Waals surface area contributed by atoms with Gasteiger partial charge in [-0.05, 0) is 12.1 Å². The van der Waals surface area contributed by atoms with Gasteiger partial charge in [-0.1, -0.05) is 25.1 Å². The summed E-state index contributed by atoms with van der Waals surface area (Å²) in [6.45, 7) is 2.65. The topological polar surface area (TPSA) is 27.7 Å². The van der Waals surface area contributed by atoms with Gasteiger partial charge in [0.2, 0.25) is 0 Å². The summed E-state index contributed by atoms with van der Waals surface area (Å²) in [4.78, 5) is 0. The monoisotopic (exact) mass is 504 g/mol. The summed E-state index contributed by atoms with van der Waals surface area (Å²) in [5.74, 6) is -11.5. The highest BCUT2D eigenvalue weighted by Crippen LogP contribution is 2.38. The summed E-state index contributed by atoms with van der Waals surface area (Å²) < 4.78 is 128. The molecule has 35 heavy (non-hydrogen) atoms. The van der Waals surface area contributed by atoms with Gasteiger partial charge in [-0.15, -0.1) is 0 Å². The molecule has 0 bridgehead atoms. The third kappa shape index (κ3) is 4.96. The number of halogens is 8. The Bertz CT molecular complexity index is 1230. The third-order valence-corrected chi connectivity index (χ3v) is 5.22. The van der Waals surface area contributed by atoms with Gasteiger partial charge >= 0.3 is 6.11 Å². The molecule has 0 aromatic heterocycles. The standard InChI is InChI=1S/C24H16F8O3/c1-11-9-33-23(34-10-11)12-2-3-14(17(25)6-12)15-4-5-16(21(29)20(15)28)24(31,32)35-13-7-18(26)22(30)19(27)8-13/h2-8,11,23H,9-10H2,1H3. The summed E-state index contributed by atoms with van der Waals surface area (Å²) >= 11 is 0. The summed E-state index contributed by atoms with van der Waals surface area (Å²) in [6, 6.07) is 4.84. The van der Waals surface area contributed by atoms with Crippen molar-refractivity contribution >= 4 is 0 Å². The Hall–Kier alpha value is -3.18. The molecular formula is C24H16F8O3. The summed E-state index contributed by atoms with van der Waals surface area (Å²) in [7, 11) is 0. The van der Waals surface area contributed by atoms with E-state index in [1.54, 1.807) is 0 Å². The normalized spacial score (nSPS) is 18.5. The van der Waals surface area contributed by atoms with E-state index in [0.29, 0.717) is 25.3 Å². The molecule has 1 aliphatic heterocycles. The van der Waals surface area contributed by atoms with E-state index < -0.39 is 69.7 Å². The lowest BCUT2D eigenvalue weighted by Crippen LogP contribution is -2.25. The Kier molecular flexibility index (Phi) is 6.74. The van der Waals surface area contributed by atoms with Crippen LogP contribution < -0.4 is 4.74 Å². The van der Waals surface area contributed by atoms with Crippen molar-refractivity contribution in [3.05, 3.63) is 88.5 Å². The number of rotatable bonds is 5. The van der Waals surface area contributed by atoms with Crippen molar-refractivity contribution in [2.24, 2.45) is 5.92 Å². The molecule has 4 rings (SSSR count). The Morgan fingerprint density at radius 3 is 1.94 bits per heavy atom. The maximum Gasteiger partial charge on any atom is 0.429 e. The van der Waals surface area contributed by atoms with Gasteiger partial charge in [-0.25, -0.2) is 26.3 Å². The highest BCUT2D eigenvalue weighted by molar-refractivity contribution is 5.66. The third-order valence-electron chi connectivity index (χ3n) is 5.22. The molecule has 1 heterocycles. The Morgan fingerprint density at radius 2 is 1.34 bits per heavy atom. The zero-order valence-electron chi connectivity index (χ0n) is 17.9. The molecule has 3 aromatic carbocycles. The second kappa shape index (κ2) is 9.46. The summed E-state index contributed by atoms with van der Waals surface area (Å²) in [5, 5.41) is 0. The quantitative estimate of drug-likeness (QED) is 0.277. The first-order valence-corrected chi connectivity index (χ1v) is 10.2. The van der Waals surface area contributed by atoms with E-state index in [1.165, 1.54) is 6.07 Å². The molecule has 1 saturated heterocycles. The number of benzene rings is 3. The van der Waals surface area contributed by atoms with Gasteiger partial charge < -0.3 is 14.2 Å². The minimum Gasteiger partial charge on any atom is -0.429 e. The van der Waals surface area contributed by atoms with Crippen molar-refractivity contribution in [3.8, 4) is 16.9 Å². The van der Waals surface area contributed by atoms with Crippen molar-refractivity contribution < 1.29 is 49.3 Å². The van der Waals surface area contributed by atoms with Gasteiger partial charge in [0.05, 0.1) is 13.2 Å². The van der Waals surface area contributed by atoms with Crippen LogP contribution in [0.3, 0.4) is 0 Å². The second-order valence-corrected chi connectivity index (χ2v) is 7.95. The second-order valence-electron chi connectivity index (χ2n) is 7.95. The van der Waals surface area contributed by atoms with Crippen LogP contribution in [0, 0.1) is 40.8 Å².